The highest BCUT2D eigenvalue weighted by Gasteiger charge is 2.18. The molecule has 26 heavy (non-hydrogen) atoms. The van der Waals surface area contributed by atoms with E-state index in [1.54, 1.807) is 0 Å². The lowest BCUT2D eigenvalue weighted by molar-refractivity contribution is -0.617. The molecule has 3 aromatic carbocycles. The van der Waals surface area contributed by atoms with Crippen LogP contribution < -0.4 is 9.88 Å². The van der Waals surface area contributed by atoms with E-state index < -0.39 is 0 Å². The van der Waals surface area contributed by atoms with Crippen molar-refractivity contribution in [3.63, 3.8) is 0 Å². The van der Waals surface area contributed by atoms with Crippen LogP contribution >= 0.6 is 0 Å². The molecule has 1 heterocycles. The number of aryl methyl sites for hydroxylation is 1. The largest absolute Gasteiger partial charge is 0.396 e. The number of rotatable bonds is 5. The number of hydrogen-bond donors (Lipinski definition) is 2. The van der Waals surface area contributed by atoms with Crippen LogP contribution in [0.15, 0.2) is 72.8 Å². The molecule has 0 unspecified atom stereocenters. The molecule has 0 saturated carbocycles. The number of pyridine rings is 1. The Bertz CT molecular complexity index is 998. The molecule has 0 aliphatic heterocycles. The van der Waals surface area contributed by atoms with Crippen molar-refractivity contribution in [1.82, 2.24) is 0 Å². The van der Waals surface area contributed by atoms with Crippen molar-refractivity contribution >= 4 is 27.5 Å². The van der Waals surface area contributed by atoms with Gasteiger partial charge in [0, 0.05) is 36.5 Å². The van der Waals surface area contributed by atoms with E-state index in [1.165, 1.54) is 32.9 Å². The second kappa shape index (κ2) is 7.14. The number of anilines is 1. The summed E-state index contributed by atoms with van der Waals surface area (Å²) in [6.07, 6.45) is 0.756. The molecule has 0 amide bonds. The van der Waals surface area contributed by atoms with Gasteiger partial charge in [-0.15, -0.1) is 0 Å². The van der Waals surface area contributed by atoms with Gasteiger partial charge in [0.1, 0.15) is 7.05 Å². The molecule has 1 aromatic heterocycles. The minimum atomic E-state index is 0.212. The van der Waals surface area contributed by atoms with Gasteiger partial charge in [-0.3, -0.25) is 0 Å². The van der Waals surface area contributed by atoms with Crippen LogP contribution in [0.5, 0.6) is 0 Å². The molecule has 4 rings (SSSR count). The van der Waals surface area contributed by atoms with E-state index in [2.05, 4.69) is 89.7 Å². The topological polar surface area (TPSA) is 36.1 Å². The average Bonchev–Trinajstić information content (AvgIpc) is 2.70. The minimum Gasteiger partial charge on any atom is -0.396 e. The van der Waals surface area contributed by atoms with E-state index in [0.717, 1.165) is 18.7 Å². The van der Waals surface area contributed by atoms with Crippen LogP contribution in [0.1, 0.15) is 6.42 Å². The maximum absolute atomic E-state index is 8.92. The Kier molecular flexibility index (Phi) is 4.55. The first-order chi connectivity index (χ1) is 12.8. The highest BCUT2D eigenvalue weighted by molar-refractivity contribution is 6.07. The minimum absolute atomic E-state index is 0.212. The molecule has 3 heteroatoms. The van der Waals surface area contributed by atoms with Gasteiger partial charge in [0.2, 0.25) is 11.0 Å². The number of nitrogens with zero attached hydrogens (tertiary/aromatic N) is 1. The first-order valence-electron chi connectivity index (χ1n) is 9.04. The Hall–Kier alpha value is -2.91. The van der Waals surface area contributed by atoms with E-state index in [1.807, 2.05) is 0 Å². The van der Waals surface area contributed by atoms with Crippen LogP contribution in [-0.4, -0.2) is 18.3 Å². The van der Waals surface area contributed by atoms with Crippen LogP contribution in [0.25, 0.3) is 32.9 Å². The SMILES string of the molecule is C[n+]1c2ccccc2c(-c2ccc(NCCCO)cc2)c2ccccc21. The van der Waals surface area contributed by atoms with Crippen molar-refractivity contribution in [2.24, 2.45) is 7.05 Å². The number of aliphatic hydroxyl groups is 1. The number of benzene rings is 3. The summed E-state index contributed by atoms with van der Waals surface area (Å²) < 4.78 is 2.26. The predicted molar refractivity (Wildman–Crippen MR) is 108 cm³/mol. The third-order valence-electron chi connectivity index (χ3n) is 4.91. The normalized spacial score (nSPS) is 11.2. The molecule has 0 aliphatic carbocycles. The van der Waals surface area contributed by atoms with Crippen LogP contribution in [-0.2, 0) is 7.05 Å². The molecule has 0 saturated heterocycles. The van der Waals surface area contributed by atoms with Gasteiger partial charge in [-0.2, -0.15) is 4.57 Å². The molecule has 0 spiro atoms. The van der Waals surface area contributed by atoms with Crippen molar-refractivity contribution in [2.45, 2.75) is 6.42 Å². The number of nitrogens with one attached hydrogen (secondary N) is 1. The smallest absolute Gasteiger partial charge is 0.213 e. The molecular weight excluding hydrogens is 320 g/mol. The van der Waals surface area contributed by atoms with E-state index in [-0.39, 0.29) is 6.61 Å². The van der Waals surface area contributed by atoms with Crippen molar-refractivity contribution in [2.75, 3.05) is 18.5 Å². The Balaban J connectivity index is 1.88. The van der Waals surface area contributed by atoms with Crippen LogP contribution in [0.3, 0.4) is 0 Å². The second-order valence-corrected chi connectivity index (χ2v) is 6.55. The van der Waals surface area contributed by atoms with E-state index >= 15 is 0 Å². The van der Waals surface area contributed by atoms with Gasteiger partial charge in [-0.05, 0) is 36.2 Å². The summed E-state index contributed by atoms with van der Waals surface area (Å²) in [7, 11) is 2.13. The predicted octanol–water partition coefficient (Wildman–Crippen LogP) is 4.28. The zero-order chi connectivity index (χ0) is 17.9. The van der Waals surface area contributed by atoms with Gasteiger partial charge in [0.15, 0.2) is 0 Å². The zero-order valence-electron chi connectivity index (χ0n) is 14.9. The molecule has 130 valence electrons. The van der Waals surface area contributed by atoms with E-state index in [0.29, 0.717) is 0 Å². The summed E-state index contributed by atoms with van der Waals surface area (Å²) in [5.41, 5.74) is 6.02. The van der Waals surface area contributed by atoms with Crippen molar-refractivity contribution in [3.05, 3.63) is 72.8 Å². The third-order valence-corrected chi connectivity index (χ3v) is 4.91. The molecule has 4 aromatic rings. The summed E-state index contributed by atoms with van der Waals surface area (Å²) in [5.74, 6) is 0. The maximum Gasteiger partial charge on any atom is 0.213 e. The summed E-state index contributed by atoms with van der Waals surface area (Å²) >= 11 is 0. The van der Waals surface area contributed by atoms with Crippen molar-refractivity contribution < 1.29 is 9.67 Å². The first-order valence-corrected chi connectivity index (χ1v) is 9.04. The molecule has 0 atom stereocenters. The lowest BCUT2D eigenvalue weighted by atomic mass is 9.95. The van der Waals surface area contributed by atoms with Gasteiger partial charge >= 0.3 is 0 Å². The summed E-state index contributed by atoms with van der Waals surface area (Å²) in [5, 5.41) is 14.8. The highest BCUT2D eigenvalue weighted by atomic mass is 16.3. The molecule has 0 radical (unpaired) electrons. The van der Waals surface area contributed by atoms with Gasteiger partial charge < -0.3 is 10.4 Å². The number of hydrogen-bond acceptors (Lipinski definition) is 2. The number of aliphatic hydroxyl groups excluding tert-OH is 1. The Morgan fingerprint density at radius 2 is 1.38 bits per heavy atom. The lowest BCUT2D eigenvalue weighted by Crippen LogP contribution is -2.30. The number of aromatic nitrogens is 1. The Morgan fingerprint density at radius 1 is 0.808 bits per heavy atom. The Labute approximate surface area is 153 Å². The first kappa shape index (κ1) is 16.6. The fraction of sp³-hybridized carbons (Fsp3) is 0.174. The van der Waals surface area contributed by atoms with Crippen molar-refractivity contribution in [1.29, 1.82) is 0 Å². The highest BCUT2D eigenvalue weighted by Crippen LogP contribution is 2.34. The average molecular weight is 343 g/mol. The van der Waals surface area contributed by atoms with Crippen LogP contribution in [0.4, 0.5) is 5.69 Å². The quantitative estimate of drug-likeness (QED) is 0.322. The Morgan fingerprint density at radius 3 is 1.96 bits per heavy atom. The zero-order valence-corrected chi connectivity index (χ0v) is 14.9. The molecular formula is C23H23N2O+. The summed E-state index contributed by atoms with van der Waals surface area (Å²) in [6.45, 7) is 0.993. The van der Waals surface area contributed by atoms with Gasteiger partial charge in [0.25, 0.3) is 0 Å². The second-order valence-electron chi connectivity index (χ2n) is 6.55. The maximum atomic E-state index is 8.92. The van der Waals surface area contributed by atoms with Crippen molar-refractivity contribution in [3.8, 4) is 11.1 Å². The fourth-order valence-electron chi connectivity index (χ4n) is 3.61. The number of fused-ring (bicyclic) bond motifs is 2. The third kappa shape index (κ3) is 2.91. The summed E-state index contributed by atoms with van der Waals surface area (Å²) in [6, 6.07) is 25.7. The van der Waals surface area contributed by atoms with Gasteiger partial charge in [-0.25, -0.2) is 0 Å². The lowest BCUT2D eigenvalue weighted by Gasteiger charge is -2.12. The van der Waals surface area contributed by atoms with Gasteiger partial charge in [0.05, 0.1) is 10.8 Å². The van der Waals surface area contributed by atoms with E-state index in [9.17, 15) is 0 Å². The summed E-state index contributed by atoms with van der Waals surface area (Å²) in [4.78, 5) is 0. The van der Waals surface area contributed by atoms with Gasteiger partial charge in [-0.1, -0.05) is 36.4 Å². The molecule has 3 nitrogen and oxygen atoms in total. The molecule has 0 aliphatic rings. The molecule has 0 bridgehead atoms. The standard InChI is InChI=1S/C23H22N2O/c1-25-21-9-4-2-7-19(21)23(20-8-3-5-10-22(20)25)17-11-13-18(14-12-17)24-15-6-16-26/h2-5,7-14,26H,6,15-16H2,1H3/p+1. The van der Waals surface area contributed by atoms with E-state index in [4.69, 9.17) is 5.11 Å². The molecule has 2 N–H and O–H groups in total. The number of para-hydroxylation sites is 2. The fourth-order valence-corrected chi connectivity index (χ4v) is 3.61. The monoisotopic (exact) mass is 343 g/mol. The van der Waals surface area contributed by atoms with Crippen LogP contribution in [0, 0.1) is 0 Å². The molecule has 0 fully saturated rings. The van der Waals surface area contributed by atoms with Crippen LogP contribution in [0.2, 0.25) is 0 Å².